The minimum absolute atomic E-state index is 0.00143. The molecule has 0 radical (unpaired) electrons. The van der Waals surface area contributed by atoms with Crippen LogP contribution in [0.3, 0.4) is 0 Å². The van der Waals surface area contributed by atoms with E-state index in [-0.39, 0.29) is 11.8 Å². The number of hydrogen-bond acceptors (Lipinski definition) is 4. The van der Waals surface area contributed by atoms with Gasteiger partial charge in [-0.3, -0.25) is 9.59 Å². The van der Waals surface area contributed by atoms with Crippen LogP contribution in [0.15, 0.2) is 45.7 Å². The van der Waals surface area contributed by atoms with E-state index >= 15 is 0 Å². The Morgan fingerprint density at radius 2 is 2.08 bits per heavy atom. The van der Waals surface area contributed by atoms with E-state index in [1.54, 1.807) is 31.4 Å². The summed E-state index contributed by atoms with van der Waals surface area (Å²) in [4.78, 5) is 26.6. The lowest BCUT2D eigenvalue weighted by Crippen LogP contribution is -2.41. The van der Waals surface area contributed by atoms with Crippen molar-refractivity contribution in [3.8, 4) is 5.75 Å². The number of likely N-dealkylation sites (tertiary alicyclic amines) is 1. The Balaban J connectivity index is 1.49. The van der Waals surface area contributed by atoms with Gasteiger partial charge in [-0.15, -0.1) is 0 Å². The first-order valence-corrected chi connectivity index (χ1v) is 9.31. The fourth-order valence-electron chi connectivity index (χ4n) is 3.05. The highest BCUT2D eigenvalue weighted by Crippen LogP contribution is 2.23. The molecule has 0 saturated carbocycles. The summed E-state index contributed by atoms with van der Waals surface area (Å²) in [7, 11) is 1.57. The van der Waals surface area contributed by atoms with Gasteiger partial charge >= 0.3 is 0 Å². The Labute approximate surface area is 160 Å². The summed E-state index contributed by atoms with van der Waals surface area (Å²) in [6.45, 7) is 1.97. The summed E-state index contributed by atoms with van der Waals surface area (Å²) >= 11 is 3.40. The number of nitrogens with one attached hydrogen (secondary N) is 1. The largest absolute Gasteiger partial charge is 0.497 e. The van der Waals surface area contributed by atoms with E-state index in [1.807, 2.05) is 4.90 Å². The van der Waals surface area contributed by atoms with Crippen LogP contribution in [0, 0.1) is 5.92 Å². The number of halogens is 1. The summed E-state index contributed by atoms with van der Waals surface area (Å²) < 4.78 is 10.9. The van der Waals surface area contributed by atoms with Crippen molar-refractivity contribution in [2.24, 2.45) is 5.92 Å². The molecule has 0 unspecified atom stereocenters. The average Bonchev–Trinajstić information content (AvgIpc) is 3.21. The van der Waals surface area contributed by atoms with Gasteiger partial charge in [0.15, 0.2) is 0 Å². The number of amides is 2. The molecule has 1 fully saturated rings. The van der Waals surface area contributed by atoms with Gasteiger partial charge in [-0.1, -0.05) is 0 Å². The van der Waals surface area contributed by atoms with Gasteiger partial charge < -0.3 is 19.4 Å². The lowest BCUT2D eigenvalue weighted by atomic mass is 9.96. The Morgan fingerprint density at radius 3 is 2.73 bits per heavy atom. The molecule has 3 rings (SSSR count). The average molecular weight is 421 g/mol. The standard InChI is InChI=1S/C19H21BrN2O4/c1-25-15-2-3-17(20)16(10-15)18(23)21-11-13-4-7-22(8-5-13)19(24)14-6-9-26-12-14/h2-3,6,9-10,12-13H,4-5,7-8,11H2,1H3,(H,21,23). The number of furan rings is 1. The number of piperidine rings is 1. The van der Waals surface area contributed by atoms with Crippen molar-refractivity contribution in [2.45, 2.75) is 12.8 Å². The van der Waals surface area contributed by atoms with Gasteiger partial charge in [-0.25, -0.2) is 0 Å². The molecule has 1 N–H and O–H groups in total. The second-order valence-corrected chi connectivity index (χ2v) is 7.16. The smallest absolute Gasteiger partial charge is 0.257 e. The molecule has 1 aromatic carbocycles. The molecule has 1 aliphatic rings. The maximum absolute atomic E-state index is 12.4. The highest BCUT2D eigenvalue weighted by molar-refractivity contribution is 9.10. The van der Waals surface area contributed by atoms with Gasteiger partial charge in [0, 0.05) is 24.1 Å². The monoisotopic (exact) mass is 420 g/mol. The van der Waals surface area contributed by atoms with Crippen molar-refractivity contribution in [1.82, 2.24) is 10.2 Å². The summed E-state index contributed by atoms with van der Waals surface area (Å²) in [5.41, 5.74) is 1.14. The first kappa shape index (κ1) is 18.5. The minimum Gasteiger partial charge on any atom is -0.497 e. The predicted molar refractivity (Wildman–Crippen MR) is 100 cm³/mol. The highest BCUT2D eigenvalue weighted by atomic mass is 79.9. The Bertz CT molecular complexity index is 768. The Kier molecular flexibility index (Phi) is 5.98. The SMILES string of the molecule is COc1ccc(Br)c(C(=O)NCC2CCN(C(=O)c3ccoc3)CC2)c1. The van der Waals surface area contributed by atoms with E-state index in [4.69, 9.17) is 9.15 Å². The summed E-state index contributed by atoms with van der Waals surface area (Å²) in [6, 6.07) is 6.99. The molecule has 1 aliphatic heterocycles. The van der Waals surface area contributed by atoms with Crippen LogP contribution in [0.25, 0.3) is 0 Å². The summed E-state index contributed by atoms with van der Waals surface area (Å²) in [5.74, 6) is 0.871. The number of carbonyl (C=O) groups excluding carboxylic acids is 2. The first-order chi connectivity index (χ1) is 12.6. The Morgan fingerprint density at radius 1 is 1.31 bits per heavy atom. The zero-order chi connectivity index (χ0) is 18.5. The molecule has 6 nitrogen and oxygen atoms in total. The topological polar surface area (TPSA) is 71.8 Å². The molecule has 26 heavy (non-hydrogen) atoms. The number of nitrogens with zero attached hydrogens (tertiary/aromatic N) is 1. The normalized spacial score (nSPS) is 14.9. The van der Waals surface area contributed by atoms with Crippen LogP contribution in [0.1, 0.15) is 33.6 Å². The van der Waals surface area contributed by atoms with Gasteiger partial charge in [-0.05, 0) is 59.0 Å². The van der Waals surface area contributed by atoms with Crippen molar-refractivity contribution >= 4 is 27.7 Å². The number of hydrogen-bond donors (Lipinski definition) is 1. The van der Waals surface area contributed by atoms with Gasteiger partial charge in [0.05, 0.1) is 24.5 Å². The molecule has 1 aromatic heterocycles. The number of ether oxygens (including phenoxy) is 1. The van der Waals surface area contributed by atoms with Gasteiger partial charge in [0.2, 0.25) is 0 Å². The molecule has 0 atom stereocenters. The van der Waals surface area contributed by atoms with Crippen LogP contribution in [0.4, 0.5) is 0 Å². The molecule has 2 amide bonds. The maximum Gasteiger partial charge on any atom is 0.257 e. The number of benzene rings is 1. The van der Waals surface area contributed by atoms with Crippen LogP contribution in [0.2, 0.25) is 0 Å². The van der Waals surface area contributed by atoms with Crippen molar-refractivity contribution in [1.29, 1.82) is 0 Å². The number of rotatable bonds is 5. The van der Waals surface area contributed by atoms with E-state index in [0.29, 0.717) is 42.4 Å². The van der Waals surface area contributed by atoms with E-state index in [1.165, 1.54) is 12.5 Å². The van der Waals surface area contributed by atoms with E-state index in [0.717, 1.165) is 17.3 Å². The van der Waals surface area contributed by atoms with Crippen molar-refractivity contribution in [3.63, 3.8) is 0 Å². The fraction of sp³-hybridized carbons (Fsp3) is 0.368. The third-order valence-electron chi connectivity index (χ3n) is 4.64. The van der Waals surface area contributed by atoms with E-state index in [9.17, 15) is 9.59 Å². The fourth-order valence-corrected chi connectivity index (χ4v) is 3.47. The van der Waals surface area contributed by atoms with Crippen LogP contribution in [0.5, 0.6) is 5.75 Å². The van der Waals surface area contributed by atoms with Crippen LogP contribution >= 0.6 is 15.9 Å². The van der Waals surface area contributed by atoms with Crippen LogP contribution < -0.4 is 10.1 Å². The molecule has 138 valence electrons. The molecular weight excluding hydrogens is 400 g/mol. The molecular formula is C19H21BrN2O4. The first-order valence-electron chi connectivity index (χ1n) is 8.51. The van der Waals surface area contributed by atoms with Gasteiger partial charge in [-0.2, -0.15) is 0 Å². The van der Waals surface area contributed by atoms with Crippen molar-refractivity contribution < 1.29 is 18.7 Å². The highest BCUT2D eigenvalue weighted by Gasteiger charge is 2.24. The molecule has 1 saturated heterocycles. The summed E-state index contributed by atoms with van der Waals surface area (Å²) in [6.07, 6.45) is 4.71. The van der Waals surface area contributed by atoms with Crippen LogP contribution in [-0.2, 0) is 0 Å². The Hall–Kier alpha value is -2.28. The quantitative estimate of drug-likeness (QED) is 0.804. The summed E-state index contributed by atoms with van der Waals surface area (Å²) in [5, 5.41) is 2.99. The second kappa shape index (κ2) is 8.40. The number of carbonyl (C=O) groups is 2. The van der Waals surface area contributed by atoms with Crippen molar-refractivity contribution in [3.05, 3.63) is 52.4 Å². The lowest BCUT2D eigenvalue weighted by Gasteiger charge is -2.31. The maximum atomic E-state index is 12.4. The predicted octanol–water partition coefficient (Wildman–Crippen LogP) is 3.33. The zero-order valence-electron chi connectivity index (χ0n) is 14.5. The molecule has 2 aromatic rings. The zero-order valence-corrected chi connectivity index (χ0v) is 16.1. The number of methoxy groups -OCH3 is 1. The van der Waals surface area contributed by atoms with E-state index < -0.39 is 0 Å². The van der Waals surface area contributed by atoms with Crippen molar-refractivity contribution in [2.75, 3.05) is 26.7 Å². The molecule has 0 bridgehead atoms. The third-order valence-corrected chi connectivity index (χ3v) is 5.33. The molecule has 7 heteroatoms. The minimum atomic E-state index is -0.132. The van der Waals surface area contributed by atoms with Crippen LogP contribution in [-0.4, -0.2) is 43.5 Å². The molecule has 0 spiro atoms. The molecule has 0 aliphatic carbocycles. The third kappa shape index (κ3) is 4.27. The van der Waals surface area contributed by atoms with E-state index in [2.05, 4.69) is 21.2 Å². The van der Waals surface area contributed by atoms with Gasteiger partial charge in [0.25, 0.3) is 11.8 Å². The lowest BCUT2D eigenvalue weighted by molar-refractivity contribution is 0.0683. The molecule has 2 heterocycles. The van der Waals surface area contributed by atoms with Gasteiger partial charge in [0.1, 0.15) is 12.0 Å². The second-order valence-electron chi connectivity index (χ2n) is 6.30.